The van der Waals surface area contributed by atoms with Crippen LogP contribution in [-0.4, -0.2) is 45.1 Å². The van der Waals surface area contributed by atoms with Gasteiger partial charge < -0.3 is 10.6 Å². The Morgan fingerprint density at radius 1 is 1.37 bits per heavy atom. The molecule has 1 amide bonds. The van der Waals surface area contributed by atoms with Crippen LogP contribution < -0.4 is 5.73 Å². The van der Waals surface area contributed by atoms with Gasteiger partial charge >= 0.3 is 0 Å². The maximum Gasteiger partial charge on any atom is 0.253 e. The standard InChI is InChI=1S/C13H18N2O3S/c1-19(17,18)12-4-2-11(3-5-12)13(16)15-7-6-10(8-14)9-15/h2-5,10H,6-9,14H2,1H3. The molecule has 1 heterocycles. The minimum absolute atomic E-state index is 0.0593. The van der Waals surface area contributed by atoms with E-state index in [1.54, 1.807) is 17.0 Å². The average molecular weight is 282 g/mol. The Morgan fingerprint density at radius 3 is 2.47 bits per heavy atom. The third-order valence-corrected chi connectivity index (χ3v) is 4.56. The SMILES string of the molecule is CS(=O)(=O)c1ccc(C(=O)N2CCC(CN)C2)cc1. The van der Waals surface area contributed by atoms with E-state index in [1.807, 2.05) is 0 Å². The van der Waals surface area contributed by atoms with E-state index in [1.165, 1.54) is 12.1 Å². The predicted molar refractivity (Wildman–Crippen MR) is 72.6 cm³/mol. The number of nitrogens with two attached hydrogens (primary N) is 1. The molecule has 1 unspecified atom stereocenters. The van der Waals surface area contributed by atoms with E-state index in [0.717, 1.165) is 12.7 Å². The number of hydrogen-bond acceptors (Lipinski definition) is 4. The monoisotopic (exact) mass is 282 g/mol. The number of amides is 1. The Bertz CT molecular complexity index is 566. The number of likely N-dealkylation sites (tertiary alicyclic amines) is 1. The van der Waals surface area contributed by atoms with E-state index in [0.29, 0.717) is 31.1 Å². The van der Waals surface area contributed by atoms with Crippen molar-refractivity contribution in [1.82, 2.24) is 4.90 Å². The van der Waals surface area contributed by atoms with Crippen molar-refractivity contribution in [3.05, 3.63) is 29.8 Å². The van der Waals surface area contributed by atoms with Gasteiger partial charge in [-0.1, -0.05) is 0 Å². The van der Waals surface area contributed by atoms with Crippen molar-refractivity contribution in [2.75, 3.05) is 25.9 Å². The average Bonchev–Trinajstić information content (AvgIpc) is 2.86. The summed E-state index contributed by atoms with van der Waals surface area (Å²) in [7, 11) is -3.22. The van der Waals surface area contributed by atoms with Crippen molar-refractivity contribution in [3.63, 3.8) is 0 Å². The normalized spacial score (nSPS) is 19.7. The summed E-state index contributed by atoms with van der Waals surface area (Å²) in [6.45, 7) is 1.99. The first-order valence-electron chi connectivity index (χ1n) is 6.21. The highest BCUT2D eigenvalue weighted by atomic mass is 32.2. The Labute approximate surface area is 113 Å². The van der Waals surface area contributed by atoms with Crippen molar-refractivity contribution in [1.29, 1.82) is 0 Å². The van der Waals surface area contributed by atoms with Crippen LogP contribution in [0.2, 0.25) is 0 Å². The number of rotatable bonds is 3. The third kappa shape index (κ3) is 3.13. The maximum absolute atomic E-state index is 12.2. The van der Waals surface area contributed by atoms with Crippen LogP contribution >= 0.6 is 0 Å². The molecule has 104 valence electrons. The molecule has 5 nitrogen and oxygen atoms in total. The molecular weight excluding hydrogens is 264 g/mol. The summed E-state index contributed by atoms with van der Waals surface area (Å²) in [5.74, 6) is 0.315. The minimum atomic E-state index is -3.22. The molecule has 1 aromatic rings. The molecule has 1 atom stereocenters. The van der Waals surface area contributed by atoms with Crippen LogP contribution in [0.25, 0.3) is 0 Å². The number of benzene rings is 1. The van der Waals surface area contributed by atoms with Gasteiger partial charge in [0.25, 0.3) is 5.91 Å². The molecular formula is C13H18N2O3S. The largest absolute Gasteiger partial charge is 0.338 e. The molecule has 0 bridgehead atoms. The van der Waals surface area contributed by atoms with Gasteiger partial charge in [-0.3, -0.25) is 4.79 Å². The number of hydrogen-bond donors (Lipinski definition) is 1. The quantitative estimate of drug-likeness (QED) is 0.876. The molecule has 0 aromatic heterocycles. The van der Waals surface area contributed by atoms with Crippen LogP contribution in [0.1, 0.15) is 16.8 Å². The van der Waals surface area contributed by atoms with Gasteiger partial charge in [0.2, 0.25) is 0 Å². The highest BCUT2D eigenvalue weighted by Crippen LogP contribution is 2.18. The molecule has 0 radical (unpaired) electrons. The zero-order valence-corrected chi connectivity index (χ0v) is 11.7. The Hall–Kier alpha value is -1.40. The van der Waals surface area contributed by atoms with E-state index in [4.69, 9.17) is 5.73 Å². The molecule has 1 aromatic carbocycles. The molecule has 2 rings (SSSR count). The topological polar surface area (TPSA) is 80.5 Å². The van der Waals surface area contributed by atoms with Crippen LogP contribution in [0.4, 0.5) is 0 Å². The first-order valence-corrected chi connectivity index (χ1v) is 8.10. The summed E-state index contributed by atoms with van der Waals surface area (Å²) in [6.07, 6.45) is 2.08. The van der Waals surface area contributed by atoms with Gasteiger partial charge in [-0.15, -0.1) is 0 Å². The van der Waals surface area contributed by atoms with Crippen molar-refractivity contribution in [2.24, 2.45) is 11.7 Å². The van der Waals surface area contributed by atoms with Gasteiger partial charge in [0.15, 0.2) is 9.84 Å². The number of carbonyl (C=O) groups excluding carboxylic acids is 1. The summed E-state index contributed by atoms with van der Waals surface area (Å²) in [5.41, 5.74) is 6.12. The van der Waals surface area contributed by atoms with E-state index in [2.05, 4.69) is 0 Å². The van der Waals surface area contributed by atoms with Crippen molar-refractivity contribution >= 4 is 15.7 Å². The van der Waals surface area contributed by atoms with Crippen LogP contribution in [0.3, 0.4) is 0 Å². The van der Waals surface area contributed by atoms with Crippen molar-refractivity contribution < 1.29 is 13.2 Å². The fourth-order valence-electron chi connectivity index (χ4n) is 2.24. The maximum atomic E-state index is 12.2. The first kappa shape index (κ1) is 14.0. The van der Waals surface area contributed by atoms with Gasteiger partial charge in [0.05, 0.1) is 4.90 Å². The zero-order valence-electron chi connectivity index (χ0n) is 10.9. The van der Waals surface area contributed by atoms with Gasteiger partial charge in [0.1, 0.15) is 0 Å². The third-order valence-electron chi connectivity index (χ3n) is 3.44. The molecule has 6 heteroatoms. The lowest BCUT2D eigenvalue weighted by atomic mass is 10.1. The molecule has 0 spiro atoms. The van der Waals surface area contributed by atoms with Crippen molar-refractivity contribution in [2.45, 2.75) is 11.3 Å². The second-order valence-electron chi connectivity index (χ2n) is 4.94. The van der Waals surface area contributed by atoms with Gasteiger partial charge in [-0.2, -0.15) is 0 Å². The minimum Gasteiger partial charge on any atom is -0.338 e. The highest BCUT2D eigenvalue weighted by molar-refractivity contribution is 7.90. The fraction of sp³-hybridized carbons (Fsp3) is 0.462. The number of sulfone groups is 1. The summed E-state index contributed by atoms with van der Waals surface area (Å²) in [5, 5.41) is 0. The molecule has 1 saturated heterocycles. The molecule has 0 aliphatic carbocycles. The fourth-order valence-corrected chi connectivity index (χ4v) is 2.87. The summed E-state index contributed by atoms with van der Waals surface area (Å²) in [4.78, 5) is 14.2. The summed E-state index contributed by atoms with van der Waals surface area (Å²) in [6, 6.07) is 6.07. The Kier molecular flexibility index (Phi) is 3.91. The zero-order chi connectivity index (χ0) is 14.0. The Morgan fingerprint density at radius 2 is 2.00 bits per heavy atom. The van der Waals surface area contributed by atoms with Gasteiger partial charge in [-0.05, 0) is 43.1 Å². The lowest BCUT2D eigenvalue weighted by Crippen LogP contribution is -2.29. The molecule has 1 fully saturated rings. The molecule has 19 heavy (non-hydrogen) atoms. The second-order valence-corrected chi connectivity index (χ2v) is 6.95. The predicted octanol–water partition coefficient (Wildman–Crippen LogP) is 0.511. The summed E-state index contributed by atoms with van der Waals surface area (Å²) >= 11 is 0. The van der Waals surface area contributed by atoms with Crippen molar-refractivity contribution in [3.8, 4) is 0 Å². The van der Waals surface area contributed by atoms with E-state index in [9.17, 15) is 13.2 Å². The first-order chi connectivity index (χ1) is 8.91. The number of carbonyl (C=O) groups is 1. The van der Waals surface area contributed by atoms with Crippen LogP contribution in [-0.2, 0) is 9.84 Å². The molecule has 1 aliphatic heterocycles. The highest BCUT2D eigenvalue weighted by Gasteiger charge is 2.26. The van der Waals surface area contributed by atoms with Gasteiger partial charge in [-0.25, -0.2) is 8.42 Å². The Balaban J connectivity index is 2.13. The van der Waals surface area contributed by atoms with E-state index in [-0.39, 0.29) is 10.8 Å². The van der Waals surface area contributed by atoms with Crippen LogP contribution in [0.5, 0.6) is 0 Å². The number of nitrogens with zero attached hydrogens (tertiary/aromatic N) is 1. The smallest absolute Gasteiger partial charge is 0.253 e. The van der Waals surface area contributed by atoms with E-state index >= 15 is 0 Å². The summed E-state index contributed by atoms with van der Waals surface area (Å²) < 4.78 is 22.7. The van der Waals surface area contributed by atoms with Crippen LogP contribution in [0.15, 0.2) is 29.2 Å². The molecule has 1 aliphatic rings. The lowest BCUT2D eigenvalue weighted by molar-refractivity contribution is 0.0787. The molecule has 0 saturated carbocycles. The van der Waals surface area contributed by atoms with Crippen LogP contribution in [0, 0.1) is 5.92 Å². The van der Waals surface area contributed by atoms with Gasteiger partial charge in [0, 0.05) is 24.9 Å². The molecule has 2 N–H and O–H groups in total. The lowest BCUT2D eigenvalue weighted by Gasteiger charge is -2.16. The second kappa shape index (κ2) is 5.30. The van der Waals surface area contributed by atoms with E-state index < -0.39 is 9.84 Å².